The molecule has 1 aromatic rings. The Morgan fingerprint density at radius 2 is 1.86 bits per heavy atom. The van der Waals surface area contributed by atoms with Gasteiger partial charge in [0.2, 0.25) is 0 Å². The van der Waals surface area contributed by atoms with Crippen LogP contribution < -0.4 is 16.0 Å². The van der Waals surface area contributed by atoms with Gasteiger partial charge >= 0.3 is 12.1 Å². The Morgan fingerprint density at radius 3 is 2.45 bits per heavy atom. The second-order valence-corrected chi connectivity index (χ2v) is 9.27. The zero-order chi connectivity index (χ0) is 21.4. The SMILES string of the molecule is CCC1(NC(=O)OC(C)(C)C)CC(NC(=O)Nc2ccccc2F)C2CC21CC. The summed E-state index contributed by atoms with van der Waals surface area (Å²) in [5.74, 6) is -0.188. The first-order valence-corrected chi connectivity index (χ1v) is 10.4. The van der Waals surface area contributed by atoms with E-state index in [1.807, 2.05) is 20.8 Å². The van der Waals surface area contributed by atoms with Gasteiger partial charge in [-0.1, -0.05) is 26.0 Å². The van der Waals surface area contributed by atoms with Gasteiger partial charge < -0.3 is 20.7 Å². The summed E-state index contributed by atoms with van der Waals surface area (Å²) in [6.45, 7) is 9.71. The van der Waals surface area contributed by atoms with Gasteiger partial charge in [0.05, 0.1) is 11.2 Å². The van der Waals surface area contributed by atoms with E-state index < -0.39 is 29.1 Å². The molecule has 0 saturated heterocycles. The molecule has 0 aliphatic heterocycles. The predicted molar refractivity (Wildman–Crippen MR) is 110 cm³/mol. The smallest absolute Gasteiger partial charge is 0.408 e. The molecule has 0 aromatic heterocycles. The van der Waals surface area contributed by atoms with Crippen molar-refractivity contribution in [1.82, 2.24) is 10.6 Å². The number of para-hydroxylation sites is 1. The summed E-state index contributed by atoms with van der Waals surface area (Å²) in [5, 5.41) is 8.74. The topological polar surface area (TPSA) is 79.5 Å². The number of benzene rings is 1. The Labute approximate surface area is 172 Å². The van der Waals surface area contributed by atoms with Crippen molar-refractivity contribution in [1.29, 1.82) is 0 Å². The van der Waals surface area contributed by atoms with Crippen LogP contribution >= 0.6 is 0 Å². The molecule has 3 amide bonds. The quantitative estimate of drug-likeness (QED) is 0.658. The van der Waals surface area contributed by atoms with Crippen LogP contribution in [0, 0.1) is 17.2 Å². The number of nitrogens with one attached hydrogen (secondary N) is 3. The van der Waals surface area contributed by atoms with E-state index in [0.29, 0.717) is 6.42 Å². The highest BCUT2D eigenvalue weighted by Crippen LogP contribution is 2.70. The normalized spacial score (nSPS) is 30.3. The maximum atomic E-state index is 13.8. The summed E-state index contributed by atoms with van der Waals surface area (Å²) in [6, 6.07) is 5.56. The van der Waals surface area contributed by atoms with Gasteiger partial charge in [0.25, 0.3) is 0 Å². The van der Waals surface area contributed by atoms with Crippen molar-refractivity contribution < 1.29 is 18.7 Å². The molecule has 6 nitrogen and oxygen atoms in total. The van der Waals surface area contributed by atoms with E-state index in [9.17, 15) is 14.0 Å². The molecule has 4 unspecified atom stereocenters. The standard InChI is InChI=1S/C22H32FN3O3/c1-6-21-12-14(21)17(25-18(27)24-16-11-9-8-10-15(16)23)13-22(21,7-2)26-19(28)29-20(3,4)5/h8-11,14,17H,6-7,12-13H2,1-5H3,(H,26,28)(H2,24,25,27). The van der Waals surface area contributed by atoms with Gasteiger partial charge in [0, 0.05) is 6.04 Å². The lowest BCUT2D eigenvalue weighted by Crippen LogP contribution is -2.55. The maximum absolute atomic E-state index is 13.8. The van der Waals surface area contributed by atoms with Crippen molar-refractivity contribution in [3.05, 3.63) is 30.1 Å². The second kappa shape index (κ2) is 7.50. The van der Waals surface area contributed by atoms with E-state index in [2.05, 4.69) is 29.8 Å². The van der Waals surface area contributed by atoms with Crippen LogP contribution in [0.15, 0.2) is 24.3 Å². The summed E-state index contributed by atoms with van der Waals surface area (Å²) in [7, 11) is 0. The number of fused-ring (bicyclic) bond motifs is 1. The average molecular weight is 406 g/mol. The molecule has 2 aliphatic carbocycles. The van der Waals surface area contributed by atoms with Crippen LogP contribution in [0.3, 0.4) is 0 Å². The van der Waals surface area contributed by atoms with Crippen LogP contribution in [0.4, 0.5) is 19.7 Å². The van der Waals surface area contributed by atoms with Gasteiger partial charge in [-0.25, -0.2) is 14.0 Å². The molecule has 3 N–H and O–H groups in total. The third kappa shape index (κ3) is 4.05. The molecule has 4 atom stereocenters. The first-order chi connectivity index (χ1) is 13.6. The third-order valence-corrected chi connectivity index (χ3v) is 6.55. The molecule has 0 radical (unpaired) electrons. The number of amides is 3. The molecular formula is C22H32FN3O3. The molecular weight excluding hydrogens is 373 g/mol. The largest absolute Gasteiger partial charge is 0.444 e. The van der Waals surface area contributed by atoms with Crippen LogP contribution in [0.25, 0.3) is 0 Å². The van der Waals surface area contributed by atoms with Crippen LogP contribution in [-0.4, -0.2) is 29.3 Å². The van der Waals surface area contributed by atoms with Crippen LogP contribution in [0.2, 0.25) is 0 Å². The number of carbonyl (C=O) groups excluding carboxylic acids is 2. The summed E-state index contributed by atoms with van der Waals surface area (Å²) in [6.07, 6.45) is 2.82. The van der Waals surface area contributed by atoms with Crippen molar-refractivity contribution in [2.45, 2.75) is 77.5 Å². The fourth-order valence-electron chi connectivity index (χ4n) is 5.18. The van der Waals surface area contributed by atoms with Gasteiger partial charge in [-0.15, -0.1) is 0 Å². The Kier molecular flexibility index (Phi) is 5.54. The molecule has 2 fully saturated rings. The van der Waals surface area contributed by atoms with E-state index in [4.69, 9.17) is 4.74 Å². The van der Waals surface area contributed by atoms with E-state index in [-0.39, 0.29) is 23.1 Å². The van der Waals surface area contributed by atoms with Crippen LogP contribution in [0.5, 0.6) is 0 Å². The molecule has 160 valence electrons. The lowest BCUT2D eigenvalue weighted by atomic mass is 9.77. The van der Waals surface area contributed by atoms with Crippen molar-refractivity contribution in [3.63, 3.8) is 0 Å². The Balaban J connectivity index is 1.71. The number of hydrogen-bond donors (Lipinski definition) is 3. The van der Waals surface area contributed by atoms with Gasteiger partial charge in [-0.3, -0.25) is 0 Å². The Hall–Kier alpha value is -2.31. The van der Waals surface area contributed by atoms with Gasteiger partial charge in [-0.05, 0) is 69.9 Å². The van der Waals surface area contributed by atoms with Gasteiger partial charge in [0.1, 0.15) is 11.4 Å². The summed E-state index contributed by atoms with van der Waals surface area (Å²) in [4.78, 5) is 25.0. The van der Waals surface area contributed by atoms with Crippen molar-refractivity contribution in [2.24, 2.45) is 11.3 Å². The summed E-state index contributed by atoms with van der Waals surface area (Å²) >= 11 is 0. The molecule has 0 bridgehead atoms. The lowest BCUT2D eigenvalue weighted by molar-refractivity contribution is 0.0385. The number of alkyl carbamates (subject to hydrolysis) is 1. The molecule has 2 aliphatic rings. The highest BCUT2D eigenvalue weighted by molar-refractivity contribution is 5.89. The minimum absolute atomic E-state index is 0.0470. The fraction of sp³-hybridized carbons (Fsp3) is 0.636. The Bertz CT molecular complexity index is 794. The van der Waals surface area contributed by atoms with Gasteiger partial charge in [-0.2, -0.15) is 0 Å². The minimum Gasteiger partial charge on any atom is -0.444 e. The highest BCUT2D eigenvalue weighted by Gasteiger charge is 2.73. The molecule has 0 heterocycles. The van der Waals surface area contributed by atoms with E-state index in [1.54, 1.807) is 12.1 Å². The third-order valence-electron chi connectivity index (χ3n) is 6.55. The lowest BCUT2D eigenvalue weighted by Gasteiger charge is -2.39. The van der Waals surface area contributed by atoms with E-state index in [0.717, 1.165) is 19.3 Å². The minimum atomic E-state index is -0.572. The maximum Gasteiger partial charge on any atom is 0.408 e. The first kappa shape index (κ1) is 21.4. The number of carbonyl (C=O) groups is 2. The number of hydrogen-bond acceptors (Lipinski definition) is 3. The average Bonchev–Trinajstić information content (AvgIpc) is 3.32. The van der Waals surface area contributed by atoms with E-state index >= 15 is 0 Å². The fourth-order valence-corrected chi connectivity index (χ4v) is 5.18. The number of ether oxygens (including phenoxy) is 1. The monoisotopic (exact) mass is 405 g/mol. The van der Waals surface area contributed by atoms with Crippen LogP contribution in [0.1, 0.15) is 60.3 Å². The molecule has 1 aromatic carbocycles. The van der Waals surface area contributed by atoms with Crippen LogP contribution in [-0.2, 0) is 4.74 Å². The highest BCUT2D eigenvalue weighted by atomic mass is 19.1. The number of rotatable bonds is 5. The molecule has 29 heavy (non-hydrogen) atoms. The zero-order valence-corrected chi connectivity index (χ0v) is 17.9. The summed E-state index contributed by atoms with van der Waals surface area (Å²) < 4.78 is 19.3. The number of urea groups is 1. The van der Waals surface area contributed by atoms with Gasteiger partial charge in [0.15, 0.2) is 0 Å². The van der Waals surface area contributed by atoms with E-state index in [1.165, 1.54) is 12.1 Å². The molecule has 0 spiro atoms. The van der Waals surface area contributed by atoms with Crippen molar-refractivity contribution in [2.75, 3.05) is 5.32 Å². The first-order valence-electron chi connectivity index (χ1n) is 10.4. The van der Waals surface area contributed by atoms with Crippen molar-refractivity contribution >= 4 is 17.8 Å². The second-order valence-electron chi connectivity index (χ2n) is 9.27. The molecule has 7 heteroatoms. The predicted octanol–water partition coefficient (Wildman–Crippen LogP) is 4.81. The summed E-state index contributed by atoms with van der Waals surface area (Å²) in [5.41, 5.74) is -0.898. The molecule has 2 saturated carbocycles. The number of anilines is 1. The Morgan fingerprint density at radius 1 is 1.17 bits per heavy atom. The van der Waals surface area contributed by atoms with Crippen molar-refractivity contribution in [3.8, 4) is 0 Å². The molecule has 3 rings (SSSR count). The zero-order valence-electron chi connectivity index (χ0n) is 17.9. The number of halogens is 1.